The molecule has 1 heterocycles. The van der Waals surface area contributed by atoms with Gasteiger partial charge in [0, 0.05) is 12.1 Å². The van der Waals surface area contributed by atoms with Gasteiger partial charge < -0.3 is 14.8 Å². The number of hydrogen-bond donors (Lipinski definition) is 2. The summed E-state index contributed by atoms with van der Waals surface area (Å²) in [5.41, 5.74) is 1.06. The third-order valence-electron chi connectivity index (χ3n) is 2.91. The lowest BCUT2D eigenvalue weighted by Crippen LogP contribution is -2.16. The highest BCUT2D eigenvalue weighted by molar-refractivity contribution is 5.84. The van der Waals surface area contributed by atoms with Crippen molar-refractivity contribution in [3.63, 3.8) is 0 Å². The molecule has 0 saturated carbocycles. The van der Waals surface area contributed by atoms with Gasteiger partial charge in [0.05, 0.1) is 11.5 Å². The number of carbonyl (C=O) groups is 1. The molecule has 2 aromatic rings. The van der Waals surface area contributed by atoms with E-state index in [0.29, 0.717) is 25.3 Å². The summed E-state index contributed by atoms with van der Waals surface area (Å²) in [5.74, 6) is -0.620. The fraction of sp³-hybridized carbons (Fsp3) is 0.214. The van der Waals surface area contributed by atoms with Crippen LogP contribution in [0.4, 0.5) is 5.69 Å². The minimum Gasteiger partial charge on any atom is -0.475 e. The second kappa shape index (κ2) is 6.67. The van der Waals surface area contributed by atoms with Crippen molar-refractivity contribution in [2.45, 2.75) is 13.0 Å². The van der Waals surface area contributed by atoms with Gasteiger partial charge in [-0.3, -0.25) is 10.1 Å². The number of carboxylic acid groups (broad SMARTS) is 1. The van der Waals surface area contributed by atoms with Gasteiger partial charge in [0.15, 0.2) is 0 Å². The molecular weight excluding hydrogens is 276 g/mol. The second-order valence-corrected chi connectivity index (χ2v) is 4.42. The minimum atomic E-state index is -1.09. The molecule has 0 unspecified atom stereocenters. The Hall–Kier alpha value is -2.67. The van der Waals surface area contributed by atoms with Crippen molar-refractivity contribution in [2.75, 3.05) is 6.54 Å². The highest BCUT2D eigenvalue weighted by atomic mass is 16.6. The predicted molar refractivity (Wildman–Crippen MR) is 74.2 cm³/mol. The van der Waals surface area contributed by atoms with E-state index >= 15 is 0 Å². The molecule has 0 amide bonds. The molecule has 110 valence electrons. The highest BCUT2D eigenvalue weighted by Gasteiger charge is 2.08. The summed E-state index contributed by atoms with van der Waals surface area (Å²) >= 11 is 0. The van der Waals surface area contributed by atoms with E-state index in [0.717, 1.165) is 5.56 Å². The standard InChI is InChI=1S/C14H14N2O5/c17-14(18)13-6-5-12(21-13)9-15-8-7-10-1-3-11(4-2-10)16(19)20/h1-6,15H,7-9H2,(H,17,18). The fourth-order valence-electron chi connectivity index (χ4n) is 1.82. The van der Waals surface area contributed by atoms with Gasteiger partial charge in [0.1, 0.15) is 5.76 Å². The molecule has 21 heavy (non-hydrogen) atoms. The molecule has 0 spiro atoms. The van der Waals surface area contributed by atoms with Crippen LogP contribution >= 0.6 is 0 Å². The predicted octanol–water partition coefficient (Wildman–Crippen LogP) is 2.22. The van der Waals surface area contributed by atoms with Gasteiger partial charge in [0.2, 0.25) is 5.76 Å². The third-order valence-corrected chi connectivity index (χ3v) is 2.91. The van der Waals surface area contributed by atoms with Gasteiger partial charge in [0.25, 0.3) is 5.69 Å². The summed E-state index contributed by atoms with van der Waals surface area (Å²) < 4.78 is 5.10. The summed E-state index contributed by atoms with van der Waals surface area (Å²) in [4.78, 5) is 20.7. The molecule has 7 heteroatoms. The number of benzene rings is 1. The Morgan fingerprint density at radius 2 is 1.95 bits per heavy atom. The number of nitrogens with zero attached hydrogens (tertiary/aromatic N) is 1. The van der Waals surface area contributed by atoms with Crippen molar-refractivity contribution in [1.82, 2.24) is 5.32 Å². The van der Waals surface area contributed by atoms with Crippen LogP contribution in [-0.2, 0) is 13.0 Å². The first-order valence-electron chi connectivity index (χ1n) is 6.32. The number of nitro benzene ring substituents is 1. The monoisotopic (exact) mass is 290 g/mol. The number of rotatable bonds is 7. The van der Waals surface area contributed by atoms with E-state index in [2.05, 4.69) is 5.32 Å². The van der Waals surface area contributed by atoms with E-state index in [1.807, 2.05) is 0 Å². The lowest BCUT2D eigenvalue weighted by atomic mass is 10.1. The van der Waals surface area contributed by atoms with Crippen LogP contribution in [0.5, 0.6) is 0 Å². The number of hydrogen-bond acceptors (Lipinski definition) is 5. The molecule has 0 radical (unpaired) electrons. The quantitative estimate of drug-likeness (QED) is 0.460. The Balaban J connectivity index is 1.76. The Bertz CT molecular complexity index is 633. The highest BCUT2D eigenvalue weighted by Crippen LogP contribution is 2.12. The molecule has 0 aliphatic rings. The van der Waals surface area contributed by atoms with E-state index in [1.165, 1.54) is 18.2 Å². The number of nitrogens with one attached hydrogen (secondary N) is 1. The smallest absolute Gasteiger partial charge is 0.371 e. The number of furan rings is 1. The zero-order valence-electron chi connectivity index (χ0n) is 11.1. The maximum absolute atomic E-state index is 10.6. The lowest BCUT2D eigenvalue weighted by Gasteiger charge is -2.03. The van der Waals surface area contributed by atoms with Crippen LogP contribution in [0.15, 0.2) is 40.8 Å². The lowest BCUT2D eigenvalue weighted by molar-refractivity contribution is -0.384. The molecule has 0 atom stereocenters. The molecule has 1 aromatic heterocycles. The Labute approximate surface area is 120 Å². The zero-order valence-corrected chi connectivity index (χ0v) is 11.1. The van der Waals surface area contributed by atoms with Crippen LogP contribution in [-0.4, -0.2) is 22.5 Å². The fourth-order valence-corrected chi connectivity index (χ4v) is 1.82. The molecule has 2 rings (SSSR count). The van der Waals surface area contributed by atoms with Crippen LogP contribution < -0.4 is 5.32 Å². The SMILES string of the molecule is O=C(O)c1ccc(CNCCc2ccc([N+](=O)[O-])cc2)o1. The maximum Gasteiger partial charge on any atom is 0.371 e. The Morgan fingerprint density at radius 3 is 2.52 bits per heavy atom. The normalized spacial score (nSPS) is 10.5. The molecule has 7 nitrogen and oxygen atoms in total. The molecule has 0 aliphatic heterocycles. The van der Waals surface area contributed by atoms with Gasteiger partial charge in [-0.2, -0.15) is 0 Å². The summed E-state index contributed by atoms with van der Waals surface area (Å²) in [6, 6.07) is 9.41. The second-order valence-electron chi connectivity index (χ2n) is 4.42. The van der Waals surface area contributed by atoms with Gasteiger partial charge >= 0.3 is 5.97 Å². The summed E-state index contributed by atoms with van der Waals surface area (Å²) in [6.07, 6.45) is 0.713. The topological polar surface area (TPSA) is 106 Å². The molecular formula is C14H14N2O5. The summed E-state index contributed by atoms with van der Waals surface area (Å²) in [5, 5.41) is 22.4. The van der Waals surface area contributed by atoms with Crippen LogP contribution in [0.25, 0.3) is 0 Å². The van der Waals surface area contributed by atoms with Crippen LogP contribution in [0.3, 0.4) is 0 Å². The van der Waals surface area contributed by atoms with Crippen molar-refractivity contribution >= 4 is 11.7 Å². The first-order valence-corrected chi connectivity index (χ1v) is 6.32. The molecule has 0 aliphatic carbocycles. The average Bonchev–Trinajstić information content (AvgIpc) is 2.93. The van der Waals surface area contributed by atoms with E-state index in [4.69, 9.17) is 9.52 Å². The Kier molecular flexibility index (Phi) is 4.68. The first kappa shape index (κ1) is 14.7. The maximum atomic E-state index is 10.6. The molecule has 0 fully saturated rings. The van der Waals surface area contributed by atoms with Crippen molar-refractivity contribution in [2.24, 2.45) is 0 Å². The van der Waals surface area contributed by atoms with Gasteiger partial charge in [-0.05, 0) is 30.7 Å². The van der Waals surface area contributed by atoms with E-state index in [-0.39, 0.29) is 11.4 Å². The van der Waals surface area contributed by atoms with Crippen molar-refractivity contribution < 1.29 is 19.2 Å². The van der Waals surface area contributed by atoms with Gasteiger partial charge in [-0.15, -0.1) is 0 Å². The largest absolute Gasteiger partial charge is 0.475 e. The summed E-state index contributed by atoms with van der Waals surface area (Å²) in [6.45, 7) is 1.08. The zero-order chi connectivity index (χ0) is 15.2. The van der Waals surface area contributed by atoms with Crippen molar-refractivity contribution in [1.29, 1.82) is 0 Å². The van der Waals surface area contributed by atoms with Crippen LogP contribution in [0, 0.1) is 10.1 Å². The van der Waals surface area contributed by atoms with E-state index < -0.39 is 10.9 Å². The minimum absolute atomic E-state index is 0.0727. The van der Waals surface area contributed by atoms with E-state index in [9.17, 15) is 14.9 Å². The van der Waals surface area contributed by atoms with E-state index in [1.54, 1.807) is 18.2 Å². The number of carboxylic acids is 1. The van der Waals surface area contributed by atoms with Crippen molar-refractivity contribution in [3.8, 4) is 0 Å². The number of nitro groups is 1. The summed E-state index contributed by atoms with van der Waals surface area (Å²) in [7, 11) is 0. The Morgan fingerprint density at radius 1 is 1.24 bits per heavy atom. The van der Waals surface area contributed by atoms with Crippen LogP contribution in [0.2, 0.25) is 0 Å². The van der Waals surface area contributed by atoms with Gasteiger partial charge in [-0.1, -0.05) is 12.1 Å². The van der Waals surface area contributed by atoms with Gasteiger partial charge in [-0.25, -0.2) is 4.79 Å². The number of aromatic carboxylic acids is 1. The molecule has 1 aromatic carbocycles. The molecule has 0 saturated heterocycles. The third kappa shape index (κ3) is 4.15. The average molecular weight is 290 g/mol. The first-order chi connectivity index (χ1) is 10.1. The van der Waals surface area contributed by atoms with Crippen LogP contribution in [0.1, 0.15) is 21.9 Å². The molecule has 0 bridgehead atoms. The molecule has 2 N–H and O–H groups in total. The number of non-ortho nitro benzene ring substituents is 1. The van der Waals surface area contributed by atoms with Crippen molar-refractivity contribution in [3.05, 3.63) is 63.6 Å².